The highest BCUT2D eigenvalue weighted by Crippen LogP contribution is 2.07. The van der Waals surface area contributed by atoms with Crippen LogP contribution in [0, 0.1) is 12.3 Å². The Labute approximate surface area is 131 Å². The standard InChI is InChI=1S/C19H20N2O/c1-2-9-18(15-14-16-10-5-3-6-11-16)20-21-19(22)17-12-7-4-8-13-17/h1,3-8,10-13,18,20H,9,14-15H2,(H,21,22). The Morgan fingerprint density at radius 3 is 2.32 bits per heavy atom. The van der Waals surface area contributed by atoms with Gasteiger partial charge in [-0.2, -0.15) is 0 Å². The zero-order chi connectivity index (χ0) is 15.6. The van der Waals surface area contributed by atoms with E-state index >= 15 is 0 Å². The summed E-state index contributed by atoms with van der Waals surface area (Å²) in [6.45, 7) is 0. The normalized spacial score (nSPS) is 11.4. The number of hydrazine groups is 1. The van der Waals surface area contributed by atoms with Gasteiger partial charge in [0.05, 0.1) is 0 Å². The molecule has 0 aliphatic carbocycles. The van der Waals surface area contributed by atoms with Crippen molar-refractivity contribution in [1.82, 2.24) is 10.9 Å². The van der Waals surface area contributed by atoms with Gasteiger partial charge in [0.1, 0.15) is 0 Å². The largest absolute Gasteiger partial charge is 0.287 e. The van der Waals surface area contributed by atoms with Crippen LogP contribution in [0.5, 0.6) is 0 Å². The van der Waals surface area contributed by atoms with E-state index in [-0.39, 0.29) is 11.9 Å². The topological polar surface area (TPSA) is 41.1 Å². The molecule has 0 aliphatic heterocycles. The van der Waals surface area contributed by atoms with Crippen LogP contribution < -0.4 is 10.9 Å². The molecule has 0 fully saturated rings. The summed E-state index contributed by atoms with van der Waals surface area (Å²) >= 11 is 0. The van der Waals surface area contributed by atoms with Crippen LogP contribution in [0.1, 0.15) is 28.8 Å². The van der Waals surface area contributed by atoms with Crippen molar-refractivity contribution >= 4 is 5.91 Å². The van der Waals surface area contributed by atoms with Gasteiger partial charge in [0.15, 0.2) is 0 Å². The Bertz CT molecular complexity index is 617. The van der Waals surface area contributed by atoms with Gasteiger partial charge in [0, 0.05) is 18.0 Å². The van der Waals surface area contributed by atoms with Gasteiger partial charge in [0.25, 0.3) is 5.91 Å². The first-order chi connectivity index (χ1) is 10.8. The Kier molecular flexibility index (Phi) is 6.22. The highest BCUT2D eigenvalue weighted by molar-refractivity contribution is 5.93. The van der Waals surface area contributed by atoms with Crippen LogP contribution in [0.2, 0.25) is 0 Å². The Hall–Kier alpha value is -2.57. The number of aryl methyl sites for hydroxylation is 1. The van der Waals surface area contributed by atoms with E-state index in [0.29, 0.717) is 12.0 Å². The average Bonchev–Trinajstić information content (AvgIpc) is 2.59. The minimum Gasteiger partial charge on any atom is -0.287 e. The SMILES string of the molecule is C#CCC(CCc1ccccc1)NNC(=O)c1ccccc1. The maximum absolute atomic E-state index is 12.0. The molecule has 0 bridgehead atoms. The first-order valence-electron chi connectivity index (χ1n) is 7.38. The van der Waals surface area contributed by atoms with Crippen LogP contribution in [-0.4, -0.2) is 11.9 Å². The van der Waals surface area contributed by atoms with Gasteiger partial charge in [0.2, 0.25) is 0 Å². The van der Waals surface area contributed by atoms with E-state index in [1.165, 1.54) is 5.56 Å². The molecule has 2 rings (SSSR count). The fourth-order valence-corrected chi connectivity index (χ4v) is 2.18. The van der Waals surface area contributed by atoms with E-state index < -0.39 is 0 Å². The third-order valence-electron chi connectivity index (χ3n) is 3.41. The second-order valence-corrected chi connectivity index (χ2v) is 5.09. The molecule has 3 heteroatoms. The number of hydrogen-bond donors (Lipinski definition) is 2. The van der Waals surface area contributed by atoms with Crippen molar-refractivity contribution in [2.24, 2.45) is 0 Å². The van der Waals surface area contributed by atoms with E-state index in [1.807, 2.05) is 36.4 Å². The molecular formula is C19H20N2O. The van der Waals surface area contributed by atoms with Crippen molar-refractivity contribution in [2.45, 2.75) is 25.3 Å². The highest BCUT2D eigenvalue weighted by Gasteiger charge is 2.10. The van der Waals surface area contributed by atoms with E-state index in [4.69, 9.17) is 6.42 Å². The van der Waals surface area contributed by atoms with Gasteiger partial charge in [-0.05, 0) is 30.5 Å². The number of rotatable bonds is 7. The fourth-order valence-electron chi connectivity index (χ4n) is 2.18. The Morgan fingerprint density at radius 2 is 1.68 bits per heavy atom. The second kappa shape index (κ2) is 8.66. The summed E-state index contributed by atoms with van der Waals surface area (Å²) < 4.78 is 0. The summed E-state index contributed by atoms with van der Waals surface area (Å²) in [6, 6.07) is 19.4. The molecule has 0 aliphatic rings. The summed E-state index contributed by atoms with van der Waals surface area (Å²) in [5.74, 6) is 2.50. The van der Waals surface area contributed by atoms with Crippen LogP contribution >= 0.6 is 0 Å². The highest BCUT2D eigenvalue weighted by atomic mass is 16.2. The number of nitrogens with one attached hydrogen (secondary N) is 2. The lowest BCUT2D eigenvalue weighted by Crippen LogP contribution is -2.44. The van der Waals surface area contributed by atoms with Crippen molar-refractivity contribution < 1.29 is 4.79 Å². The zero-order valence-electron chi connectivity index (χ0n) is 12.5. The van der Waals surface area contributed by atoms with Crippen molar-refractivity contribution in [2.75, 3.05) is 0 Å². The van der Waals surface area contributed by atoms with Crippen molar-refractivity contribution in [3.05, 3.63) is 71.8 Å². The van der Waals surface area contributed by atoms with Crippen LogP contribution in [0.4, 0.5) is 0 Å². The number of carbonyl (C=O) groups excluding carboxylic acids is 1. The number of carbonyl (C=O) groups is 1. The van der Waals surface area contributed by atoms with E-state index in [9.17, 15) is 4.79 Å². The molecule has 0 spiro atoms. The first-order valence-corrected chi connectivity index (χ1v) is 7.38. The summed E-state index contributed by atoms with van der Waals surface area (Å²) in [7, 11) is 0. The first kappa shape index (κ1) is 15.8. The van der Waals surface area contributed by atoms with Crippen LogP contribution in [0.15, 0.2) is 60.7 Å². The van der Waals surface area contributed by atoms with E-state index in [1.54, 1.807) is 12.1 Å². The quantitative estimate of drug-likeness (QED) is 0.608. The molecule has 0 saturated carbocycles. The monoisotopic (exact) mass is 292 g/mol. The van der Waals surface area contributed by atoms with E-state index in [0.717, 1.165) is 12.8 Å². The number of terminal acetylenes is 1. The summed E-state index contributed by atoms with van der Waals surface area (Å²) in [4.78, 5) is 12.0. The third kappa shape index (κ3) is 5.08. The Balaban J connectivity index is 1.84. The molecule has 112 valence electrons. The molecule has 0 aromatic heterocycles. The predicted octanol–water partition coefficient (Wildman–Crippen LogP) is 2.95. The second-order valence-electron chi connectivity index (χ2n) is 5.09. The third-order valence-corrected chi connectivity index (χ3v) is 3.41. The van der Waals surface area contributed by atoms with Crippen LogP contribution in [-0.2, 0) is 6.42 Å². The van der Waals surface area contributed by atoms with Crippen molar-refractivity contribution in [3.8, 4) is 12.3 Å². The molecule has 0 saturated heterocycles. The van der Waals surface area contributed by atoms with Crippen molar-refractivity contribution in [1.29, 1.82) is 0 Å². The van der Waals surface area contributed by atoms with Gasteiger partial charge in [-0.25, -0.2) is 5.43 Å². The molecule has 2 N–H and O–H groups in total. The van der Waals surface area contributed by atoms with E-state index in [2.05, 4.69) is 28.9 Å². The van der Waals surface area contributed by atoms with Gasteiger partial charge in [-0.1, -0.05) is 48.5 Å². The molecule has 22 heavy (non-hydrogen) atoms. The molecule has 2 aromatic carbocycles. The van der Waals surface area contributed by atoms with Gasteiger partial charge in [-0.3, -0.25) is 10.2 Å². The molecular weight excluding hydrogens is 272 g/mol. The van der Waals surface area contributed by atoms with Crippen molar-refractivity contribution in [3.63, 3.8) is 0 Å². The van der Waals surface area contributed by atoms with Gasteiger partial charge in [-0.15, -0.1) is 12.3 Å². The molecule has 3 nitrogen and oxygen atoms in total. The lowest BCUT2D eigenvalue weighted by atomic mass is 10.0. The van der Waals surface area contributed by atoms with Crippen LogP contribution in [0.25, 0.3) is 0 Å². The van der Waals surface area contributed by atoms with Gasteiger partial charge >= 0.3 is 0 Å². The molecule has 1 unspecified atom stereocenters. The lowest BCUT2D eigenvalue weighted by molar-refractivity contribution is 0.0924. The molecule has 0 radical (unpaired) electrons. The summed E-state index contributed by atoms with van der Waals surface area (Å²) in [5.41, 5.74) is 7.67. The lowest BCUT2D eigenvalue weighted by Gasteiger charge is -2.17. The molecule has 1 amide bonds. The maximum Gasteiger partial charge on any atom is 0.265 e. The predicted molar refractivity (Wildman–Crippen MR) is 89.0 cm³/mol. The smallest absolute Gasteiger partial charge is 0.265 e. The van der Waals surface area contributed by atoms with Crippen LogP contribution in [0.3, 0.4) is 0 Å². The fraction of sp³-hybridized carbons (Fsp3) is 0.211. The molecule has 2 aromatic rings. The molecule has 1 atom stereocenters. The average molecular weight is 292 g/mol. The molecule has 0 heterocycles. The van der Waals surface area contributed by atoms with Gasteiger partial charge < -0.3 is 0 Å². The number of amides is 1. The maximum atomic E-state index is 12.0. The minimum atomic E-state index is -0.151. The number of benzene rings is 2. The summed E-state index contributed by atoms with van der Waals surface area (Å²) in [5, 5.41) is 0. The Morgan fingerprint density at radius 1 is 1.05 bits per heavy atom. The zero-order valence-corrected chi connectivity index (χ0v) is 12.5. The summed E-state index contributed by atoms with van der Waals surface area (Å²) in [6.07, 6.45) is 7.77. The number of hydrogen-bond acceptors (Lipinski definition) is 2. The minimum absolute atomic E-state index is 0.0536.